The molecule has 0 bridgehead atoms. The normalized spacial score (nSPS) is 17.7. The molecule has 5 rings (SSSR count). The van der Waals surface area contributed by atoms with Gasteiger partial charge in [-0.1, -0.05) is 18.2 Å². The predicted molar refractivity (Wildman–Crippen MR) is 94.7 cm³/mol. The number of halogens is 1. The van der Waals surface area contributed by atoms with Gasteiger partial charge in [0.25, 0.3) is 0 Å². The lowest BCUT2D eigenvalue weighted by Gasteiger charge is -2.08. The highest BCUT2D eigenvalue weighted by molar-refractivity contribution is 6.02. The first-order valence-corrected chi connectivity index (χ1v) is 8.79. The van der Waals surface area contributed by atoms with Crippen LogP contribution in [0.2, 0.25) is 0 Å². The lowest BCUT2D eigenvalue weighted by atomic mass is 10.0. The van der Waals surface area contributed by atoms with Gasteiger partial charge in [0.1, 0.15) is 11.6 Å². The SMILES string of the molecule is O=C1c2ccc(F)cc2CC1[n+]1ccc(-c2cccc3c2OCC3)cc1. The van der Waals surface area contributed by atoms with Crippen molar-refractivity contribution in [2.45, 2.75) is 18.9 Å². The van der Waals surface area contributed by atoms with Crippen LogP contribution in [0.25, 0.3) is 11.1 Å². The molecule has 0 spiro atoms. The summed E-state index contributed by atoms with van der Waals surface area (Å²) in [6.45, 7) is 0.727. The summed E-state index contributed by atoms with van der Waals surface area (Å²) in [5, 5.41) is 0. The number of fused-ring (bicyclic) bond motifs is 2. The van der Waals surface area contributed by atoms with Crippen molar-refractivity contribution in [2.75, 3.05) is 6.61 Å². The maximum atomic E-state index is 13.4. The number of carbonyl (C=O) groups excluding carboxylic acids is 1. The van der Waals surface area contributed by atoms with Crippen molar-refractivity contribution in [3.63, 3.8) is 0 Å². The molecule has 0 amide bonds. The summed E-state index contributed by atoms with van der Waals surface area (Å²) in [5.41, 5.74) is 4.79. The highest BCUT2D eigenvalue weighted by Gasteiger charge is 2.37. The van der Waals surface area contributed by atoms with Crippen molar-refractivity contribution in [3.05, 3.63) is 83.4 Å². The third-order valence-corrected chi connectivity index (χ3v) is 5.29. The quantitative estimate of drug-likeness (QED) is 0.663. The van der Waals surface area contributed by atoms with E-state index in [2.05, 4.69) is 18.2 Å². The maximum Gasteiger partial charge on any atom is 0.231 e. The third kappa shape index (κ3) is 2.33. The minimum Gasteiger partial charge on any atom is -0.492 e. The minimum atomic E-state index is -0.307. The molecule has 1 atom stereocenters. The van der Waals surface area contributed by atoms with E-state index in [4.69, 9.17) is 4.74 Å². The van der Waals surface area contributed by atoms with Gasteiger partial charge in [0.15, 0.2) is 12.4 Å². The molecule has 0 radical (unpaired) electrons. The topological polar surface area (TPSA) is 30.2 Å². The molecule has 1 aliphatic heterocycles. The van der Waals surface area contributed by atoms with Crippen LogP contribution in [-0.4, -0.2) is 12.4 Å². The fourth-order valence-corrected chi connectivity index (χ4v) is 3.96. The van der Waals surface area contributed by atoms with E-state index >= 15 is 0 Å². The van der Waals surface area contributed by atoms with E-state index in [0.29, 0.717) is 12.0 Å². The van der Waals surface area contributed by atoms with Crippen LogP contribution >= 0.6 is 0 Å². The Hall–Kier alpha value is -3.01. The molecule has 2 aliphatic rings. The van der Waals surface area contributed by atoms with Gasteiger partial charge in [0, 0.05) is 36.1 Å². The average molecular weight is 346 g/mol. The zero-order chi connectivity index (χ0) is 17.7. The van der Waals surface area contributed by atoms with Crippen molar-refractivity contribution in [1.82, 2.24) is 0 Å². The van der Waals surface area contributed by atoms with Crippen LogP contribution in [0.5, 0.6) is 5.75 Å². The Bertz CT molecular complexity index is 1030. The Morgan fingerprint density at radius 3 is 2.69 bits per heavy atom. The molecule has 128 valence electrons. The number of para-hydroxylation sites is 1. The zero-order valence-corrected chi connectivity index (χ0v) is 14.1. The van der Waals surface area contributed by atoms with Crippen molar-refractivity contribution < 1.29 is 18.5 Å². The van der Waals surface area contributed by atoms with Crippen LogP contribution < -0.4 is 9.30 Å². The minimum absolute atomic E-state index is 0.0432. The first-order chi connectivity index (χ1) is 12.7. The van der Waals surface area contributed by atoms with Gasteiger partial charge in [-0.05, 0) is 34.9 Å². The number of rotatable bonds is 2. The third-order valence-electron chi connectivity index (χ3n) is 5.29. The molecule has 3 aromatic rings. The lowest BCUT2D eigenvalue weighted by molar-refractivity contribution is -0.706. The number of carbonyl (C=O) groups is 1. The van der Waals surface area contributed by atoms with E-state index in [0.717, 1.165) is 35.5 Å². The Morgan fingerprint density at radius 1 is 1.00 bits per heavy atom. The van der Waals surface area contributed by atoms with E-state index in [9.17, 15) is 9.18 Å². The summed E-state index contributed by atoms with van der Waals surface area (Å²) in [6.07, 6.45) is 5.32. The highest BCUT2D eigenvalue weighted by atomic mass is 19.1. The Kier molecular flexibility index (Phi) is 3.38. The van der Waals surface area contributed by atoms with Gasteiger partial charge in [0.2, 0.25) is 11.8 Å². The fourth-order valence-electron chi connectivity index (χ4n) is 3.96. The second-order valence-corrected chi connectivity index (χ2v) is 6.81. The maximum absolute atomic E-state index is 13.4. The molecule has 2 aromatic carbocycles. The summed E-state index contributed by atoms with van der Waals surface area (Å²) in [5.74, 6) is 0.710. The van der Waals surface area contributed by atoms with Crippen LogP contribution in [0.4, 0.5) is 4.39 Å². The van der Waals surface area contributed by atoms with Crippen LogP contribution in [0.15, 0.2) is 60.9 Å². The van der Waals surface area contributed by atoms with Gasteiger partial charge < -0.3 is 4.74 Å². The summed E-state index contributed by atoms with van der Waals surface area (Å²) < 4.78 is 21.1. The van der Waals surface area contributed by atoms with Crippen molar-refractivity contribution >= 4 is 5.78 Å². The second kappa shape index (κ2) is 5.77. The van der Waals surface area contributed by atoms with Gasteiger partial charge in [-0.25, -0.2) is 4.39 Å². The van der Waals surface area contributed by atoms with Gasteiger partial charge in [0.05, 0.1) is 6.61 Å². The molecule has 0 saturated carbocycles. The Morgan fingerprint density at radius 2 is 1.85 bits per heavy atom. The van der Waals surface area contributed by atoms with E-state index < -0.39 is 0 Å². The van der Waals surface area contributed by atoms with Crippen LogP contribution in [0, 0.1) is 5.82 Å². The Balaban J connectivity index is 1.47. The van der Waals surface area contributed by atoms with Gasteiger partial charge in [-0.15, -0.1) is 0 Å². The molecule has 1 unspecified atom stereocenters. The summed E-state index contributed by atoms with van der Waals surface area (Å²) >= 11 is 0. The van der Waals surface area contributed by atoms with Crippen LogP contribution in [-0.2, 0) is 12.8 Å². The molecule has 1 aliphatic carbocycles. The largest absolute Gasteiger partial charge is 0.492 e. The number of hydrogen-bond donors (Lipinski definition) is 0. The van der Waals surface area contributed by atoms with Gasteiger partial charge in [-0.3, -0.25) is 4.79 Å². The van der Waals surface area contributed by atoms with E-state index in [-0.39, 0.29) is 17.6 Å². The zero-order valence-electron chi connectivity index (χ0n) is 14.1. The monoisotopic (exact) mass is 346 g/mol. The number of aromatic nitrogens is 1. The number of ether oxygens (including phenoxy) is 1. The molecule has 3 nitrogen and oxygen atoms in total. The smallest absolute Gasteiger partial charge is 0.231 e. The molecular formula is C22H17FNO2+. The van der Waals surface area contributed by atoms with Crippen LogP contribution in [0.3, 0.4) is 0 Å². The molecular weight excluding hydrogens is 329 g/mol. The van der Waals surface area contributed by atoms with Crippen molar-refractivity contribution in [1.29, 1.82) is 0 Å². The summed E-state index contributed by atoms with van der Waals surface area (Å²) in [4.78, 5) is 12.7. The predicted octanol–water partition coefficient (Wildman–Crippen LogP) is 3.70. The summed E-state index contributed by atoms with van der Waals surface area (Å²) in [6, 6.07) is 14.3. The average Bonchev–Trinajstić information content (AvgIpc) is 3.26. The first-order valence-electron chi connectivity index (χ1n) is 8.79. The van der Waals surface area contributed by atoms with Crippen LogP contribution in [0.1, 0.15) is 27.5 Å². The Labute approximate surface area is 150 Å². The molecule has 0 saturated heterocycles. The number of ketones is 1. The van der Waals surface area contributed by atoms with Crippen molar-refractivity contribution in [3.8, 4) is 16.9 Å². The number of nitrogens with zero attached hydrogens (tertiary/aromatic N) is 1. The molecule has 0 N–H and O–H groups in total. The number of hydrogen-bond acceptors (Lipinski definition) is 2. The summed E-state index contributed by atoms with van der Waals surface area (Å²) in [7, 11) is 0. The first kappa shape index (κ1) is 15.3. The number of pyridine rings is 1. The molecule has 1 aromatic heterocycles. The molecule has 2 heterocycles. The van der Waals surface area contributed by atoms with E-state index in [1.54, 1.807) is 6.07 Å². The lowest BCUT2D eigenvalue weighted by Crippen LogP contribution is -2.42. The van der Waals surface area contributed by atoms with E-state index in [1.165, 1.54) is 17.7 Å². The second-order valence-electron chi connectivity index (χ2n) is 6.81. The van der Waals surface area contributed by atoms with Crippen molar-refractivity contribution in [2.24, 2.45) is 0 Å². The highest BCUT2D eigenvalue weighted by Crippen LogP contribution is 2.36. The standard InChI is InChI=1S/C22H17FNO2/c23-17-4-5-18-16(12-17)13-20(21(18)25)24-9-6-14(7-10-24)19-3-1-2-15-8-11-26-22(15)19/h1-7,9-10,12,20H,8,11,13H2/q+1. The fraction of sp³-hybridized carbons (Fsp3) is 0.182. The molecule has 4 heteroatoms. The van der Waals surface area contributed by atoms with Gasteiger partial charge in [-0.2, -0.15) is 4.57 Å². The number of benzene rings is 2. The van der Waals surface area contributed by atoms with E-state index in [1.807, 2.05) is 29.1 Å². The number of Topliss-reactive ketones (excluding diaryl/α,β-unsaturated/α-hetero) is 1. The molecule has 0 fully saturated rings. The van der Waals surface area contributed by atoms with Gasteiger partial charge >= 0.3 is 0 Å². The molecule has 26 heavy (non-hydrogen) atoms.